The topological polar surface area (TPSA) is 45.1 Å². The predicted molar refractivity (Wildman–Crippen MR) is 135 cm³/mol. The fourth-order valence-electron chi connectivity index (χ4n) is 4.55. The van der Waals surface area contributed by atoms with Gasteiger partial charge in [0.25, 0.3) is 11.8 Å². The molecule has 1 N–H and O–H groups in total. The standard InChI is InChI=1S/C28H26FN3O2S/c1-20-11-13-22(14-12-20)35-26-25(27(33)32(28(26)34)24-10-6-5-9-23(24)29)31-17-15-30(16-18-31)19-21-7-3-2-4-8-21/h2-14H,15-19H2,1H3/p+1. The number of nitrogens with zero attached hydrogens (tertiary/aromatic N) is 2. The molecule has 0 aromatic heterocycles. The maximum absolute atomic E-state index is 14.6. The first-order chi connectivity index (χ1) is 17.0. The third kappa shape index (κ3) is 4.88. The van der Waals surface area contributed by atoms with E-state index in [-0.39, 0.29) is 5.69 Å². The van der Waals surface area contributed by atoms with E-state index in [9.17, 15) is 14.0 Å². The lowest BCUT2D eigenvalue weighted by molar-refractivity contribution is -0.917. The van der Waals surface area contributed by atoms with Crippen LogP contribution < -0.4 is 9.80 Å². The van der Waals surface area contributed by atoms with Crippen LogP contribution in [0.1, 0.15) is 11.1 Å². The van der Waals surface area contributed by atoms with Gasteiger partial charge >= 0.3 is 0 Å². The van der Waals surface area contributed by atoms with Crippen molar-refractivity contribution in [2.45, 2.75) is 18.4 Å². The average Bonchev–Trinajstić information content (AvgIpc) is 3.11. The molecule has 0 atom stereocenters. The second-order valence-electron chi connectivity index (χ2n) is 8.89. The molecule has 0 aliphatic carbocycles. The van der Waals surface area contributed by atoms with Crippen molar-refractivity contribution in [2.75, 3.05) is 31.1 Å². The van der Waals surface area contributed by atoms with Crippen LogP contribution in [-0.4, -0.2) is 42.9 Å². The minimum absolute atomic E-state index is 0.00663. The Labute approximate surface area is 208 Å². The molecule has 0 radical (unpaired) electrons. The predicted octanol–water partition coefficient (Wildman–Crippen LogP) is 3.41. The third-order valence-corrected chi connectivity index (χ3v) is 7.52. The molecule has 2 heterocycles. The Balaban J connectivity index is 1.42. The summed E-state index contributed by atoms with van der Waals surface area (Å²) in [5, 5.41) is 0. The molecule has 0 spiro atoms. The van der Waals surface area contributed by atoms with E-state index >= 15 is 0 Å². The van der Waals surface area contributed by atoms with Crippen LogP contribution in [0, 0.1) is 12.7 Å². The zero-order valence-electron chi connectivity index (χ0n) is 19.5. The van der Waals surface area contributed by atoms with Gasteiger partial charge in [0.2, 0.25) is 0 Å². The van der Waals surface area contributed by atoms with E-state index in [4.69, 9.17) is 0 Å². The first-order valence-corrected chi connectivity index (χ1v) is 12.6. The molecule has 3 aromatic carbocycles. The van der Waals surface area contributed by atoms with Gasteiger partial charge in [-0.3, -0.25) is 9.59 Å². The lowest BCUT2D eigenvalue weighted by Gasteiger charge is -2.34. The van der Waals surface area contributed by atoms with Gasteiger partial charge < -0.3 is 9.80 Å². The number of amides is 2. The number of carbonyl (C=O) groups is 2. The van der Waals surface area contributed by atoms with Crippen molar-refractivity contribution < 1.29 is 18.9 Å². The van der Waals surface area contributed by atoms with E-state index in [1.54, 1.807) is 12.1 Å². The number of thioether (sulfide) groups is 1. The number of benzene rings is 3. The Morgan fingerprint density at radius 2 is 1.51 bits per heavy atom. The van der Waals surface area contributed by atoms with Crippen molar-refractivity contribution in [1.82, 2.24) is 4.90 Å². The molecule has 178 valence electrons. The molecule has 1 saturated heterocycles. The first-order valence-electron chi connectivity index (χ1n) is 11.8. The molecule has 1 fully saturated rings. The number of halogens is 1. The Kier molecular flexibility index (Phi) is 6.70. The number of piperazine rings is 1. The summed E-state index contributed by atoms with van der Waals surface area (Å²) >= 11 is 1.28. The number of quaternary nitrogens is 1. The van der Waals surface area contributed by atoms with Crippen molar-refractivity contribution in [2.24, 2.45) is 0 Å². The van der Waals surface area contributed by atoms with E-state index in [2.05, 4.69) is 12.1 Å². The van der Waals surface area contributed by atoms with Gasteiger partial charge in [0.05, 0.1) is 31.9 Å². The van der Waals surface area contributed by atoms with Crippen LogP contribution in [0.25, 0.3) is 0 Å². The number of para-hydroxylation sites is 1. The van der Waals surface area contributed by atoms with Gasteiger partial charge in [-0.2, -0.15) is 0 Å². The second kappa shape index (κ2) is 10.1. The highest BCUT2D eigenvalue weighted by Crippen LogP contribution is 2.39. The summed E-state index contributed by atoms with van der Waals surface area (Å²) < 4.78 is 14.6. The number of hydrogen-bond donors (Lipinski definition) is 1. The number of hydrogen-bond acceptors (Lipinski definition) is 4. The van der Waals surface area contributed by atoms with Crippen LogP contribution in [0.5, 0.6) is 0 Å². The van der Waals surface area contributed by atoms with Gasteiger partial charge in [-0.05, 0) is 31.2 Å². The fraction of sp³-hybridized carbons (Fsp3) is 0.214. The van der Waals surface area contributed by atoms with E-state index in [0.717, 1.165) is 35.0 Å². The van der Waals surface area contributed by atoms with Gasteiger partial charge in [0, 0.05) is 10.5 Å². The lowest BCUT2D eigenvalue weighted by atomic mass is 10.2. The molecule has 5 nitrogen and oxygen atoms in total. The summed E-state index contributed by atoms with van der Waals surface area (Å²) in [6.45, 7) is 5.93. The molecule has 0 unspecified atom stereocenters. The van der Waals surface area contributed by atoms with Gasteiger partial charge in [-0.1, -0.05) is 71.9 Å². The summed E-state index contributed by atoms with van der Waals surface area (Å²) in [4.78, 5) is 32.8. The molecule has 2 aliphatic heterocycles. The van der Waals surface area contributed by atoms with Gasteiger partial charge in [-0.25, -0.2) is 9.29 Å². The highest BCUT2D eigenvalue weighted by molar-refractivity contribution is 8.04. The van der Waals surface area contributed by atoms with Crippen molar-refractivity contribution in [3.8, 4) is 0 Å². The van der Waals surface area contributed by atoms with E-state index in [1.807, 2.05) is 54.3 Å². The third-order valence-electron chi connectivity index (χ3n) is 6.44. The monoisotopic (exact) mass is 488 g/mol. The van der Waals surface area contributed by atoms with Crippen LogP contribution in [0.15, 0.2) is 94.4 Å². The summed E-state index contributed by atoms with van der Waals surface area (Å²) in [5.74, 6) is -1.52. The zero-order valence-corrected chi connectivity index (χ0v) is 20.4. The average molecular weight is 489 g/mol. The molecule has 3 aromatic rings. The Bertz CT molecular complexity index is 1270. The normalized spacial score (nSPS) is 17.0. The maximum Gasteiger partial charge on any atom is 0.283 e. The molecule has 2 aliphatic rings. The number of carbonyl (C=O) groups excluding carboxylic acids is 2. The quantitative estimate of drug-likeness (QED) is 0.541. The molecular weight excluding hydrogens is 461 g/mol. The highest BCUT2D eigenvalue weighted by atomic mass is 32.2. The van der Waals surface area contributed by atoms with Crippen LogP contribution in [-0.2, 0) is 16.1 Å². The Morgan fingerprint density at radius 3 is 2.20 bits per heavy atom. The van der Waals surface area contributed by atoms with Crippen molar-refractivity contribution in [3.05, 3.63) is 106 Å². The number of aryl methyl sites for hydroxylation is 1. The van der Waals surface area contributed by atoms with Crippen molar-refractivity contribution >= 4 is 29.3 Å². The second-order valence-corrected chi connectivity index (χ2v) is 9.97. The van der Waals surface area contributed by atoms with Crippen molar-refractivity contribution in [1.29, 1.82) is 0 Å². The van der Waals surface area contributed by atoms with E-state index in [1.165, 1.54) is 34.4 Å². The van der Waals surface area contributed by atoms with Crippen LogP contribution in [0.2, 0.25) is 0 Å². The van der Waals surface area contributed by atoms with Crippen molar-refractivity contribution in [3.63, 3.8) is 0 Å². The minimum atomic E-state index is -0.590. The lowest BCUT2D eigenvalue weighted by Crippen LogP contribution is -3.13. The molecule has 0 saturated carbocycles. The Morgan fingerprint density at radius 1 is 0.857 bits per heavy atom. The van der Waals surface area contributed by atoms with Gasteiger partial charge in [-0.15, -0.1) is 0 Å². The minimum Gasteiger partial charge on any atom is -0.355 e. The van der Waals surface area contributed by atoms with E-state index < -0.39 is 17.6 Å². The molecule has 5 rings (SSSR count). The number of nitrogens with one attached hydrogen (secondary N) is 1. The molecule has 2 amide bonds. The van der Waals surface area contributed by atoms with Crippen LogP contribution in [0.4, 0.5) is 10.1 Å². The highest BCUT2D eigenvalue weighted by Gasteiger charge is 2.44. The first kappa shape index (κ1) is 23.3. The van der Waals surface area contributed by atoms with Crippen LogP contribution >= 0.6 is 11.8 Å². The molecule has 7 heteroatoms. The molecular formula is C28H27FN3O2S+. The fourth-order valence-corrected chi connectivity index (χ4v) is 5.55. The summed E-state index contributed by atoms with van der Waals surface area (Å²) in [7, 11) is 0. The van der Waals surface area contributed by atoms with Gasteiger partial charge in [0.1, 0.15) is 23.0 Å². The number of rotatable bonds is 6. The number of imide groups is 1. The molecule has 35 heavy (non-hydrogen) atoms. The van der Waals surface area contributed by atoms with E-state index in [0.29, 0.717) is 23.7 Å². The smallest absolute Gasteiger partial charge is 0.283 e. The summed E-state index contributed by atoms with van der Waals surface area (Å²) in [5.41, 5.74) is 2.77. The SMILES string of the molecule is Cc1ccc(SC2=C(N3CC[NH+](Cc4ccccc4)CC3)C(=O)N(c3ccccc3F)C2=O)cc1. The summed E-state index contributed by atoms with van der Waals surface area (Å²) in [6.07, 6.45) is 0. The van der Waals surface area contributed by atoms with Gasteiger partial charge in [0.15, 0.2) is 0 Å². The Hall–Kier alpha value is -3.42. The van der Waals surface area contributed by atoms with Crippen LogP contribution in [0.3, 0.4) is 0 Å². The number of anilines is 1. The maximum atomic E-state index is 14.6. The molecule has 0 bridgehead atoms. The zero-order chi connectivity index (χ0) is 24.4. The summed E-state index contributed by atoms with van der Waals surface area (Å²) in [6, 6.07) is 24.1. The largest absolute Gasteiger partial charge is 0.355 e.